The van der Waals surface area contributed by atoms with Crippen LogP contribution < -0.4 is 10.1 Å². The van der Waals surface area contributed by atoms with Gasteiger partial charge in [-0.1, -0.05) is 12.1 Å². The van der Waals surface area contributed by atoms with Gasteiger partial charge < -0.3 is 19.5 Å². The zero-order chi connectivity index (χ0) is 19.6. The van der Waals surface area contributed by atoms with Crippen molar-refractivity contribution in [1.82, 2.24) is 14.5 Å². The minimum Gasteiger partial charge on any atom is -0.435 e. The quantitative estimate of drug-likeness (QED) is 0.730. The lowest BCUT2D eigenvalue weighted by Gasteiger charge is -2.18. The molecule has 1 N–H and O–H groups in total. The molecule has 1 aromatic heterocycles. The zero-order valence-electron chi connectivity index (χ0n) is 15.2. The average Bonchev–Trinajstić information content (AvgIpc) is 2.90. The summed E-state index contributed by atoms with van der Waals surface area (Å²) in [7, 11) is 3.59. The van der Waals surface area contributed by atoms with Crippen LogP contribution in [0.4, 0.5) is 19.3 Å². The average molecular weight is 374 g/mol. The molecule has 0 aliphatic carbocycles. The van der Waals surface area contributed by atoms with Crippen LogP contribution in [0.15, 0.2) is 42.5 Å². The number of aromatic nitrogens is 2. The van der Waals surface area contributed by atoms with Crippen LogP contribution in [0.1, 0.15) is 11.4 Å². The number of aryl methyl sites for hydroxylation is 2. The molecule has 27 heavy (non-hydrogen) atoms. The summed E-state index contributed by atoms with van der Waals surface area (Å²) in [4.78, 5) is 18.4. The van der Waals surface area contributed by atoms with E-state index in [1.807, 2.05) is 36.7 Å². The Morgan fingerprint density at radius 1 is 1.26 bits per heavy atom. The number of nitrogens with one attached hydrogen (secondary N) is 1. The molecular formula is C19H20F2N4O2. The predicted octanol–water partition coefficient (Wildman–Crippen LogP) is 4.15. The second kappa shape index (κ2) is 7.61. The molecule has 3 aromatic rings. The predicted molar refractivity (Wildman–Crippen MR) is 99.0 cm³/mol. The molecule has 2 aromatic carbocycles. The number of carbonyl (C=O) groups excluding carboxylic acids is 1. The Kier molecular flexibility index (Phi) is 5.25. The van der Waals surface area contributed by atoms with E-state index in [1.165, 1.54) is 17.0 Å². The molecule has 6 nitrogen and oxygen atoms in total. The molecule has 1 heterocycles. The summed E-state index contributed by atoms with van der Waals surface area (Å²) < 4.78 is 30.6. The standard InChI is InChI=1S/C19H20F2N4O2/c1-12-22-16-10-14(6-9-17(16)25(12)3)23-19(26)24(2)11-13-4-7-15(8-5-13)27-18(20)21/h4-10,18H,11H2,1-3H3,(H,23,26). The first-order valence-electron chi connectivity index (χ1n) is 8.32. The fourth-order valence-electron chi connectivity index (χ4n) is 2.74. The summed E-state index contributed by atoms with van der Waals surface area (Å²) in [6.07, 6.45) is 0. The lowest BCUT2D eigenvalue weighted by Crippen LogP contribution is -2.30. The van der Waals surface area contributed by atoms with Gasteiger partial charge in [0, 0.05) is 26.3 Å². The van der Waals surface area contributed by atoms with Crippen molar-refractivity contribution in [3.8, 4) is 5.75 Å². The van der Waals surface area contributed by atoms with E-state index in [4.69, 9.17) is 0 Å². The van der Waals surface area contributed by atoms with E-state index in [1.54, 1.807) is 19.2 Å². The van der Waals surface area contributed by atoms with E-state index in [0.717, 1.165) is 22.4 Å². The van der Waals surface area contributed by atoms with E-state index in [9.17, 15) is 13.6 Å². The van der Waals surface area contributed by atoms with Crippen molar-refractivity contribution in [2.75, 3.05) is 12.4 Å². The molecule has 0 saturated carbocycles. The largest absolute Gasteiger partial charge is 0.435 e. The molecule has 0 bridgehead atoms. The summed E-state index contributed by atoms with van der Waals surface area (Å²) in [5.41, 5.74) is 3.25. The van der Waals surface area contributed by atoms with Gasteiger partial charge in [0.2, 0.25) is 0 Å². The first-order valence-corrected chi connectivity index (χ1v) is 8.32. The molecular weight excluding hydrogens is 354 g/mol. The van der Waals surface area contributed by atoms with Crippen molar-refractivity contribution in [2.45, 2.75) is 20.1 Å². The highest BCUT2D eigenvalue weighted by Gasteiger charge is 2.12. The maximum absolute atomic E-state index is 12.4. The maximum Gasteiger partial charge on any atom is 0.387 e. The van der Waals surface area contributed by atoms with E-state index >= 15 is 0 Å². The van der Waals surface area contributed by atoms with E-state index < -0.39 is 6.61 Å². The van der Waals surface area contributed by atoms with Gasteiger partial charge in [0.25, 0.3) is 0 Å². The van der Waals surface area contributed by atoms with Crippen LogP contribution in [-0.4, -0.2) is 34.1 Å². The minimum absolute atomic E-state index is 0.0832. The summed E-state index contributed by atoms with van der Waals surface area (Å²) in [6, 6.07) is 11.5. The van der Waals surface area contributed by atoms with Crippen LogP contribution in [0.25, 0.3) is 11.0 Å². The van der Waals surface area contributed by atoms with Crippen LogP contribution in [0.3, 0.4) is 0 Å². The van der Waals surface area contributed by atoms with Gasteiger partial charge in [0.1, 0.15) is 11.6 Å². The third kappa shape index (κ3) is 4.33. The van der Waals surface area contributed by atoms with Crippen LogP contribution in [0.5, 0.6) is 5.75 Å². The van der Waals surface area contributed by atoms with Crippen molar-refractivity contribution in [2.24, 2.45) is 7.05 Å². The highest BCUT2D eigenvalue weighted by molar-refractivity contribution is 5.92. The second-order valence-electron chi connectivity index (χ2n) is 6.23. The molecule has 0 spiro atoms. The second-order valence-corrected chi connectivity index (χ2v) is 6.23. The molecule has 0 radical (unpaired) electrons. The molecule has 0 aliphatic rings. The van der Waals surface area contributed by atoms with Crippen molar-refractivity contribution in [3.05, 3.63) is 53.9 Å². The topological polar surface area (TPSA) is 59.4 Å². The number of urea groups is 1. The summed E-state index contributed by atoms with van der Waals surface area (Å²) in [5.74, 6) is 0.977. The van der Waals surface area contributed by atoms with Gasteiger partial charge in [-0.3, -0.25) is 0 Å². The third-order valence-electron chi connectivity index (χ3n) is 4.27. The number of anilines is 1. The Morgan fingerprint density at radius 2 is 1.96 bits per heavy atom. The Balaban J connectivity index is 1.63. The lowest BCUT2D eigenvalue weighted by molar-refractivity contribution is -0.0498. The number of carbonyl (C=O) groups is 1. The molecule has 0 saturated heterocycles. The normalized spacial score (nSPS) is 11.0. The monoisotopic (exact) mass is 374 g/mol. The first-order chi connectivity index (χ1) is 12.8. The smallest absolute Gasteiger partial charge is 0.387 e. The number of alkyl halides is 2. The highest BCUT2D eigenvalue weighted by atomic mass is 19.3. The van der Waals surface area contributed by atoms with Crippen molar-refractivity contribution < 1.29 is 18.3 Å². The molecule has 0 unspecified atom stereocenters. The Hall–Kier alpha value is -3.16. The van der Waals surface area contributed by atoms with Gasteiger partial charge in [0.05, 0.1) is 11.0 Å². The number of fused-ring (bicyclic) bond motifs is 1. The van der Waals surface area contributed by atoms with E-state index in [-0.39, 0.29) is 11.8 Å². The van der Waals surface area contributed by atoms with Crippen molar-refractivity contribution in [3.63, 3.8) is 0 Å². The zero-order valence-corrected chi connectivity index (χ0v) is 15.2. The van der Waals surface area contributed by atoms with Crippen LogP contribution >= 0.6 is 0 Å². The lowest BCUT2D eigenvalue weighted by atomic mass is 10.2. The molecule has 3 rings (SSSR count). The number of ether oxygens (including phenoxy) is 1. The van der Waals surface area contributed by atoms with Crippen molar-refractivity contribution in [1.29, 1.82) is 0 Å². The summed E-state index contributed by atoms with van der Waals surface area (Å²) in [6.45, 7) is -0.611. The number of rotatable bonds is 5. The Labute approximate surface area is 155 Å². The Morgan fingerprint density at radius 3 is 2.63 bits per heavy atom. The third-order valence-corrected chi connectivity index (χ3v) is 4.27. The molecule has 8 heteroatoms. The van der Waals surface area contributed by atoms with Crippen LogP contribution in [0, 0.1) is 6.92 Å². The molecule has 0 atom stereocenters. The van der Waals surface area contributed by atoms with Crippen LogP contribution in [-0.2, 0) is 13.6 Å². The fraction of sp³-hybridized carbons (Fsp3) is 0.263. The number of benzene rings is 2. The van der Waals surface area contributed by atoms with Crippen LogP contribution in [0.2, 0.25) is 0 Å². The van der Waals surface area contributed by atoms with E-state index in [0.29, 0.717) is 12.2 Å². The number of hydrogen-bond acceptors (Lipinski definition) is 3. The fourth-order valence-corrected chi connectivity index (χ4v) is 2.74. The highest BCUT2D eigenvalue weighted by Crippen LogP contribution is 2.20. The summed E-state index contributed by atoms with van der Waals surface area (Å²) in [5, 5.41) is 2.83. The number of amides is 2. The first kappa shape index (κ1) is 18.6. The number of hydrogen-bond donors (Lipinski definition) is 1. The molecule has 142 valence electrons. The van der Waals surface area contributed by atoms with Gasteiger partial charge in [-0.2, -0.15) is 8.78 Å². The van der Waals surface area contributed by atoms with Gasteiger partial charge in [-0.25, -0.2) is 9.78 Å². The van der Waals surface area contributed by atoms with Gasteiger partial charge in [0.15, 0.2) is 0 Å². The molecule has 2 amide bonds. The van der Waals surface area contributed by atoms with Gasteiger partial charge in [-0.15, -0.1) is 0 Å². The molecule has 0 fully saturated rings. The number of imidazole rings is 1. The van der Waals surface area contributed by atoms with Gasteiger partial charge in [-0.05, 0) is 42.8 Å². The maximum atomic E-state index is 12.4. The van der Waals surface area contributed by atoms with Gasteiger partial charge >= 0.3 is 12.6 Å². The number of halogens is 2. The number of nitrogens with zero attached hydrogens (tertiary/aromatic N) is 3. The SMILES string of the molecule is Cc1nc2cc(NC(=O)N(C)Cc3ccc(OC(F)F)cc3)ccc2n1C. The summed E-state index contributed by atoms with van der Waals surface area (Å²) >= 11 is 0. The van der Waals surface area contributed by atoms with E-state index in [2.05, 4.69) is 15.0 Å². The minimum atomic E-state index is -2.86. The van der Waals surface area contributed by atoms with Crippen molar-refractivity contribution >= 4 is 22.8 Å². The Bertz CT molecular complexity index is 954. The molecule has 0 aliphatic heterocycles.